The number of fused-ring (bicyclic) bond motifs is 1. The van der Waals surface area contributed by atoms with Crippen molar-refractivity contribution in [3.63, 3.8) is 0 Å². The van der Waals surface area contributed by atoms with Crippen LogP contribution in [0.4, 0.5) is 5.69 Å². The number of nitrogens with one attached hydrogen (secondary N) is 1. The van der Waals surface area contributed by atoms with Gasteiger partial charge in [-0.25, -0.2) is 8.42 Å². The van der Waals surface area contributed by atoms with Crippen LogP contribution in [0.25, 0.3) is 10.8 Å². The van der Waals surface area contributed by atoms with Crippen molar-refractivity contribution in [2.45, 2.75) is 4.90 Å². The minimum atomic E-state index is -3.55. The SMILES string of the molecule is O=C(COc1ccc(S(=O)(=O)N2CCOCC2)cc1)Nc1ccc2ccccc2c1. The number of hydrogen-bond acceptors (Lipinski definition) is 5. The molecule has 3 aromatic rings. The Labute approximate surface area is 175 Å². The lowest BCUT2D eigenvalue weighted by molar-refractivity contribution is -0.118. The maximum Gasteiger partial charge on any atom is 0.262 e. The van der Waals surface area contributed by atoms with E-state index in [0.717, 1.165) is 10.8 Å². The smallest absolute Gasteiger partial charge is 0.262 e. The van der Waals surface area contributed by atoms with Gasteiger partial charge in [-0.05, 0) is 47.2 Å². The van der Waals surface area contributed by atoms with Crippen LogP contribution in [0.2, 0.25) is 0 Å². The minimum absolute atomic E-state index is 0.178. The number of anilines is 1. The van der Waals surface area contributed by atoms with Gasteiger partial charge in [-0.3, -0.25) is 4.79 Å². The van der Waals surface area contributed by atoms with Crippen LogP contribution in [-0.4, -0.2) is 51.5 Å². The lowest BCUT2D eigenvalue weighted by Crippen LogP contribution is -2.40. The highest BCUT2D eigenvalue weighted by Gasteiger charge is 2.26. The Morgan fingerprint density at radius 3 is 2.40 bits per heavy atom. The Balaban J connectivity index is 1.34. The average molecular weight is 426 g/mol. The highest BCUT2D eigenvalue weighted by molar-refractivity contribution is 7.89. The van der Waals surface area contributed by atoms with Crippen molar-refractivity contribution in [2.75, 3.05) is 38.2 Å². The molecule has 0 bridgehead atoms. The summed E-state index contributed by atoms with van der Waals surface area (Å²) >= 11 is 0. The lowest BCUT2D eigenvalue weighted by atomic mass is 10.1. The zero-order chi connectivity index (χ0) is 21.0. The Morgan fingerprint density at radius 2 is 1.67 bits per heavy atom. The standard InChI is InChI=1S/C22H22N2O5S/c25-22(23-19-6-5-17-3-1-2-4-18(17)15-19)16-29-20-7-9-21(10-8-20)30(26,27)24-11-13-28-14-12-24/h1-10,15H,11-14,16H2,(H,23,25). The van der Waals surface area contributed by atoms with Gasteiger partial charge in [0.1, 0.15) is 5.75 Å². The van der Waals surface area contributed by atoms with Crippen LogP contribution >= 0.6 is 0 Å². The predicted molar refractivity (Wildman–Crippen MR) is 114 cm³/mol. The Hall–Kier alpha value is -2.94. The third kappa shape index (κ3) is 4.62. The number of rotatable bonds is 6. The molecule has 1 aliphatic heterocycles. The fraction of sp³-hybridized carbons (Fsp3) is 0.227. The zero-order valence-corrected chi connectivity index (χ0v) is 17.1. The summed E-state index contributed by atoms with van der Waals surface area (Å²) in [4.78, 5) is 12.4. The highest BCUT2D eigenvalue weighted by Crippen LogP contribution is 2.21. The number of ether oxygens (including phenoxy) is 2. The van der Waals surface area contributed by atoms with E-state index in [0.29, 0.717) is 37.7 Å². The van der Waals surface area contributed by atoms with Gasteiger partial charge in [-0.2, -0.15) is 4.31 Å². The average Bonchev–Trinajstić information content (AvgIpc) is 2.78. The molecule has 1 amide bonds. The first kappa shape index (κ1) is 20.3. The van der Waals surface area contributed by atoms with Crippen LogP contribution in [0.15, 0.2) is 71.6 Å². The molecule has 0 aliphatic carbocycles. The van der Waals surface area contributed by atoms with Crippen LogP contribution in [0.5, 0.6) is 5.75 Å². The quantitative estimate of drug-likeness (QED) is 0.655. The largest absolute Gasteiger partial charge is 0.484 e. The van der Waals surface area contributed by atoms with E-state index < -0.39 is 10.0 Å². The molecule has 3 aromatic carbocycles. The van der Waals surface area contributed by atoms with Crippen molar-refractivity contribution in [1.82, 2.24) is 4.31 Å². The van der Waals surface area contributed by atoms with Crippen molar-refractivity contribution in [1.29, 1.82) is 0 Å². The summed E-state index contributed by atoms with van der Waals surface area (Å²) in [7, 11) is -3.55. The number of carbonyl (C=O) groups is 1. The number of benzene rings is 3. The molecule has 8 heteroatoms. The third-order valence-corrected chi connectivity index (χ3v) is 6.75. The molecule has 0 saturated carbocycles. The second kappa shape index (κ2) is 8.83. The molecule has 156 valence electrons. The van der Waals surface area contributed by atoms with Crippen LogP contribution in [0, 0.1) is 0 Å². The Bertz CT molecular complexity index is 1140. The van der Waals surface area contributed by atoms with E-state index in [2.05, 4.69) is 5.32 Å². The number of hydrogen-bond donors (Lipinski definition) is 1. The molecular formula is C22H22N2O5S. The summed E-state index contributed by atoms with van der Waals surface area (Å²) in [6, 6.07) is 19.7. The van der Waals surface area contributed by atoms with E-state index in [9.17, 15) is 13.2 Å². The fourth-order valence-electron chi connectivity index (χ4n) is 3.26. The molecule has 1 heterocycles. The number of morpholine rings is 1. The van der Waals surface area contributed by atoms with E-state index in [-0.39, 0.29) is 17.4 Å². The number of nitrogens with zero attached hydrogens (tertiary/aromatic N) is 1. The Morgan fingerprint density at radius 1 is 0.967 bits per heavy atom. The molecule has 1 aliphatic rings. The maximum absolute atomic E-state index is 12.6. The van der Waals surface area contributed by atoms with Gasteiger partial charge < -0.3 is 14.8 Å². The molecule has 0 atom stereocenters. The Kier molecular flexibility index (Phi) is 5.98. The van der Waals surface area contributed by atoms with E-state index >= 15 is 0 Å². The molecule has 1 saturated heterocycles. The molecule has 1 N–H and O–H groups in total. The molecule has 0 unspecified atom stereocenters. The van der Waals surface area contributed by atoms with Crippen LogP contribution in [0.3, 0.4) is 0 Å². The van der Waals surface area contributed by atoms with Crippen molar-refractivity contribution >= 4 is 32.4 Å². The van der Waals surface area contributed by atoms with Gasteiger partial charge in [0.25, 0.3) is 5.91 Å². The van der Waals surface area contributed by atoms with Gasteiger partial charge in [0.2, 0.25) is 10.0 Å². The second-order valence-electron chi connectivity index (χ2n) is 6.89. The van der Waals surface area contributed by atoms with Crippen LogP contribution in [0.1, 0.15) is 0 Å². The second-order valence-corrected chi connectivity index (χ2v) is 8.82. The molecule has 30 heavy (non-hydrogen) atoms. The molecule has 1 fully saturated rings. The fourth-order valence-corrected chi connectivity index (χ4v) is 4.66. The predicted octanol–water partition coefficient (Wildman–Crippen LogP) is 2.88. The highest BCUT2D eigenvalue weighted by atomic mass is 32.2. The summed E-state index contributed by atoms with van der Waals surface area (Å²) in [5.41, 5.74) is 0.689. The number of amides is 1. The van der Waals surface area contributed by atoms with Crippen molar-refractivity contribution in [2.24, 2.45) is 0 Å². The first-order valence-corrected chi connectivity index (χ1v) is 11.1. The molecule has 7 nitrogen and oxygen atoms in total. The zero-order valence-electron chi connectivity index (χ0n) is 16.3. The summed E-state index contributed by atoms with van der Waals surface area (Å²) in [5, 5.41) is 4.94. The van der Waals surface area contributed by atoms with E-state index in [1.165, 1.54) is 16.4 Å². The first-order valence-electron chi connectivity index (χ1n) is 9.62. The third-order valence-electron chi connectivity index (χ3n) is 4.83. The molecule has 4 rings (SSSR count). The van der Waals surface area contributed by atoms with Gasteiger partial charge >= 0.3 is 0 Å². The van der Waals surface area contributed by atoms with Crippen molar-refractivity contribution in [3.8, 4) is 5.75 Å². The summed E-state index contributed by atoms with van der Waals surface area (Å²) in [6.45, 7) is 1.30. The normalized spacial score (nSPS) is 15.1. The van der Waals surface area contributed by atoms with E-state index in [1.54, 1.807) is 12.1 Å². The van der Waals surface area contributed by atoms with Gasteiger partial charge in [-0.15, -0.1) is 0 Å². The molecular weight excluding hydrogens is 404 g/mol. The monoisotopic (exact) mass is 426 g/mol. The molecule has 0 radical (unpaired) electrons. The maximum atomic E-state index is 12.6. The van der Waals surface area contributed by atoms with Crippen molar-refractivity contribution < 1.29 is 22.7 Å². The van der Waals surface area contributed by atoms with Crippen LogP contribution in [-0.2, 0) is 19.6 Å². The summed E-state index contributed by atoms with van der Waals surface area (Å²) in [5.74, 6) is 0.125. The van der Waals surface area contributed by atoms with Gasteiger partial charge in [0, 0.05) is 18.8 Å². The van der Waals surface area contributed by atoms with Crippen molar-refractivity contribution in [3.05, 3.63) is 66.7 Å². The lowest BCUT2D eigenvalue weighted by Gasteiger charge is -2.26. The molecule has 0 spiro atoms. The molecule has 0 aromatic heterocycles. The first-order chi connectivity index (χ1) is 14.5. The van der Waals surface area contributed by atoms with Gasteiger partial charge in [-0.1, -0.05) is 30.3 Å². The van der Waals surface area contributed by atoms with Gasteiger partial charge in [0.15, 0.2) is 6.61 Å². The topological polar surface area (TPSA) is 84.9 Å². The summed E-state index contributed by atoms with van der Waals surface area (Å²) in [6.07, 6.45) is 0. The number of carbonyl (C=O) groups excluding carboxylic acids is 1. The summed E-state index contributed by atoms with van der Waals surface area (Å²) < 4.78 is 37.4. The minimum Gasteiger partial charge on any atom is -0.484 e. The van der Waals surface area contributed by atoms with E-state index in [4.69, 9.17) is 9.47 Å². The van der Waals surface area contributed by atoms with E-state index in [1.807, 2.05) is 42.5 Å². The van der Waals surface area contributed by atoms with Crippen LogP contribution < -0.4 is 10.1 Å². The van der Waals surface area contributed by atoms with Gasteiger partial charge in [0.05, 0.1) is 18.1 Å². The number of sulfonamides is 1.